The Bertz CT molecular complexity index is 1240. The second kappa shape index (κ2) is 9.79. The van der Waals surface area contributed by atoms with Crippen molar-refractivity contribution >= 4 is 34.4 Å². The van der Waals surface area contributed by atoms with Crippen molar-refractivity contribution in [2.75, 3.05) is 31.6 Å². The average Bonchev–Trinajstić information content (AvgIpc) is 2.81. The van der Waals surface area contributed by atoms with Gasteiger partial charge in [0.25, 0.3) is 11.5 Å². The lowest BCUT2D eigenvalue weighted by Crippen LogP contribution is -2.35. The molecule has 0 radical (unpaired) electrons. The van der Waals surface area contributed by atoms with Crippen LogP contribution in [0.1, 0.15) is 31.0 Å². The Morgan fingerprint density at radius 1 is 1.33 bits per heavy atom. The second-order valence-electron chi connectivity index (χ2n) is 8.56. The summed E-state index contributed by atoms with van der Waals surface area (Å²) >= 11 is 6.44. The number of hydrogen-bond donors (Lipinski definition) is 1. The highest BCUT2D eigenvalue weighted by molar-refractivity contribution is 6.31. The van der Waals surface area contributed by atoms with E-state index in [4.69, 9.17) is 21.3 Å². The number of benzene rings is 1. The number of nitrogens with one attached hydrogen (secondary N) is 1. The molecule has 3 aromatic rings. The van der Waals surface area contributed by atoms with Crippen LogP contribution in [0.25, 0.3) is 10.9 Å². The molecule has 8 nitrogen and oxygen atoms in total. The van der Waals surface area contributed by atoms with E-state index in [1.165, 1.54) is 18.0 Å². The van der Waals surface area contributed by atoms with Crippen molar-refractivity contribution in [1.29, 1.82) is 0 Å². The van der Waals surface area contributed by atoms with Crippen LogP contribution in [0.15, 0.2) is 35.3 Å². The standard InChI is InChI=1S/C24H28ClN5O3/c1-15-5-4-8-30(13-15)24-27-12-18(25)19(28-24)10-16-6-7-20-17(9-16)11-21(23(32)29(20)3)33-14-22(31)26-2/h6-7,9,11-12,15H,4-5,8,10,13-14H2,1-3H3,(H,26,31)/t15-/m1/s1. The summed E-state index contributed by atoms with van der Waals surface area (Å²) in [5.41, 5.74) is 2.24. The summed E-state index contributed by atoms with van der Waals surface area (Å²) in [6, 6.07) is 7.53. The molecule has 9 heteroatoms. The second-order valence-corrected chi connectivity index (χ2v) is 8.97. The maximum absolute atomic E-state index is 12.6. The van der Waals surface area contributed by atoms with Crippen LogP contribution in [0, 0.1) is 5.92 Å². The van der Waals surface area contributed by atoms with Gasteiger partial charge in [-0.15, -0.1) is 0 Å². The zero-order chi connectivity index (χ0) is 23.5. The summed E-state index contributed by atoms with van der Waals surface area (Å²) in [7, 11) is 3.20. The number of carbonyl (C=O) groups is 1. The lowest BCUT2D eigenvalue weighted by molar-refractivity contribution is -0.122. The lowest BCUT2D eigenvalue weighted by atomic mass is 10.0. The number of ether oxygens (including phenoxy) is 1. The van der Waals surface area contributed by atoms with E-state index >= 15 is 0 Å². The van der Waals surface area contributed by atoms with Crippen molar-refractivity contribution in [2.45, 2.75) is 26.2 Å². The topological polar surface area (TPSA) is 89.3 Å². The van der Waals surface area contributed by atoms with Gasteiger partial charge in [-0.3, -0.25) is 9.59 Å². The minimum atomic E-state index is -0.303. The third-order valence-electron chi connectivity index (χ3n) is 6.01. The van der Waals surface area contributed by atoms with Crippen molar-refractivity contribution in [2.24, 2.45) is 13.0 Å². The number of halogens is 1. The third-order valence-corrected chi connectivity index (χ3v) is 6.32. The molecule has 0 aliphatic carbocycles. The maximum Gasteiger partial charge on any atom is 0.293 e. The molecule has 1 aromatic carbocycles. The molecule has 1 N–H and O–H groups in total. The summed E-state index contributed by atoms with van der Waals surface area (Å²) < 4.78 is 6.97. The first-order valence-electron chi connectivity index (χ1n) is 11.1. The van der Waals surface area contributed by atoms with Crippen molar-refractivity contribution in [3.63, 3.8) is 0 Å². The molecular formula is C24H28ClN5O3. The summed E-state index contributed by atoms with van der Waals surface area (Å²) in [6.45, 7) is 3.93. The Morgan fingerprint density at radius 3 is 2.91 bits per heavy atom. The highest BCUT2D eigenvalue weighted by atomic mass is 35.5. The number of likely N-dealkylation sites (N-methyl/N-ethyl adjacent to an activating group) is 1. The average molecular weight is 470 g/mol. The largest absolute Gasteiger partial charge is 0.478 e. The predicted molar refractivity (Wildman–Crippen MR) is 129 cm³/mol. The van der Waals surface area contributed by atoms with E-state index < -0.39 is 0 Å². The number of aromatic nitrogens is 3. The van der Waals surface area contributed by atoms with Crippen LogP contribution in [0.3, 0.4) is 0 Å². The van der Waals surface area contributed by atoms with Gasteiger partial charge in [0.05, 0.1) is 22.4 Å². The third kappa shape index (κ3) is 5.11. The first-order valence-corrected chi connectivity index (χ1v) is 11.5. The molecule has 1 amide bonds. The number of anilines is 1. The summed E-state index contributed by atoms with van der Waals surface area (Å²) in [5, 5.41) is 3.84. The van der Waals surface area contributed by atoms with Crippen LogP contribution in [-0.4, -0.2) is 47.2 Å². The molecule has 0 spiro atoms. The number of pyridine rings is 1. The molecule has 1 aliphatic heterocycles. The minimum absolute atomic E-state index is 0.132. The Kier molecular flexibility index (Phi) is 6.83. The summed E-state index contributed by atoms with van der Waals surface area (Å²) in [4.78, 5) is 35.6. The molecule has 4 rings (SSSR count). The van der Waals surface area contributed by atoms with Gasteiger partial charge in [-0.1, -0.05) is 24.6 Å². The van der Waals surface area contributed by atoms with E-state index in [0.29, 0.717) is 23.3 Å². The number of nitrogens with zero attached hydrogens (tertiary/aromatic N) is 4. The summed E-state index contributed by atoms with van der Waals surface area (Å²) in [6.07, 6.45) is 4.57. The number of fused-ring (bicyclic) bond motifs is 1. The normalized spacial score (nSPS) is 16.1. The van der Waals surface area contributed by atoms with E-state index in [2.05, 4.69) is 22.1 Å². The van der Waals surface area contributed by atoms with Gasteiger partial charge in [-0.05, 0) is 42.5 Å². The number of piperidine rings is 1. The van der Waals surface area contributed by atoms with E-state index in [1.807, 2.05) is 18.2 Å². The number of rotatable bonds is 6. The Labute approximate surface area is 197 Å². The monoisotopic (exact) mass is 469 g/mol. The molecule has 2 aromatic heterocycles. The Balaban J connectivity index is 1.62. The zero-order valence-electron chi connectivity index (χ0n) is 19.1. The molecule has 174 valence electrons. The van der Waals surface area contributed by atoms with Crippen molar-refractivity contribution in [3.05, 3.63) is 57.1 Å². The van der Waals surface area contributed by atoms with Crippen molar-refractivity contribution in [3.8, 4) is 5.75 Å². The van der Waals surface area contributed by atoms with Gasteiger partial charge >= 0.3 is 0 Å². The molecule has 3 heterocycles. The van der Waals surface area contributed by atoms with Crippen LogP contribution >= 0.6 is 11.6 Å². The van der Waals surface area contributed by atoms with Crippen LogP contribution in [0.4, 0.5) is 5.95 Å². The SMILES string of the molecule is CNC(=O)COc1cc2cc(Cc3nc(N4CCC[C@@H](C)C4)ncc3Cl)ccc2n(C)c1=O. The molecule has 0 saturated carbocycles. The van der Waals surface area contributed by atoms with E-state index in [9.17, 15) is 9.59 Å². The molecule has 1 atom stereocenters. The smallest absolute Gasteiger partial charge is 0.293 e. The van der Waals surface area contributed by atoms with Crippen LogP contribution in [0.2, 0.25) is 5.02 Å². The fraction of sp³-hybridized carbons (Fsp3) is 0.417. The summed E-state index contributed by atoms with van der Waals surface area (Å²) in [5.74, 6) is 1.16. The van der Waals surface area contributed by atoms with E-state index in [1.54, 1.807) is 19.3 Å². The number of aryl methyl sites for hydroxylation is 1. The van der Waals surface area contributed by atoms with Gasteiger partial charge in [0.1, 0.15) is 0 Å². The first-order chi connectivity index (χ1) is 15.9. The molecule has 0 unspecified atom stereocenters. The fourth-order valence-electron chi connectivity index (χ4n) is 4.16. The molecular weight excluding hydrogens is 442 g/mol. The van der Waals surface area contributed by atoms with Crippen molar-refractivity contribution in [1.82, 2.24) is 19.9 Å². The molecule has 0 bridgehead atoms. The minimum Gasteiger partial charge on any atom is -0.478 e. The van der Waals surface area contributed by atoms with Gasteiger partial charge in [0, 0.05) is 39.0 Å². The Morgan fingerprint density at radius 2 is 2.15 bits per heavy atom. The first kappa shape index (κ1) is 23.0. The number of carbonyl (C=O) groups excluding carboxylic acids is 1. The van der Waals surface area contributed by atoms with Gasteiger partial charge < -0.3 is 19.5 Å². The Hall–Kier alpha value is -3.13. The highest BCUT2D eigenvalue weighted by Crippen LogP contribution is 2.25. The molecule has 1 fully saturated rings. The lowest BCUT2D eigenvalue weighted by Gasteiger charge is -2.31. The van der Waals surface area contributed by atoms with Crippen LogP contribution < -0.4 is 20.5 Å². The predicted octanol–water partition coefficient (Wildman–Crippen LogP) is 2.93. The van der Waals surface area contributed by atoms with Crippen molar-refractivity contribution < 1.29 is 9.53 Å². The fourth-order valence-corrected chi connectivity index (χ4v) is 4.32. The number of hydrogen-bond acceptors (Lipinski definition) is 6. The number of amides is 1. The molecule has 1 saturated heterocycles. The van der Waals surface area contributed by atoms with Gasteiger partial charge in [-0.25, -0.2) is 9.97 Å². The molecule has 33 heavy (non-hydrogen) atoms. The van der Waals surface area contributed by atoms with Crippen LogP contribution in [-0.2, 0) is 18.3 Å². The van der Waals surface area contributed by atoms with E-state index in [-0.39, 0.29) is 23.8 Å². The van der Waals surface area contributed by atoms with E-state index in [0.717, 1.165) is 41.7 Å². The van der Waals surface area contributed by atoms with Gasteiger partial charge in [-0.2, -0.15) is 0 Å². The van der Waals surface area contributed by atoms with Crippen LogP contribution in [0.5, 0.6) is 5.75 Å². The highest BCUT2D eigenvalue weighted by Gasteiger charge is 2.20. The quantitative estimate of drug-likeness (QED) is 0.597. The maximum atomic E-state index is 12.6. The molecule has 1 aliphatic rings. The zero-order valence-corrected chi connectivity index (χ0v) is 19.9. The van der Waals surface area contributed by atoms with Gasteiger partial charge in [0.2, 0.25) is 5.95 Å². The van der Waals surface area contributed by atoms with Gasteiger partial charge in [0.15, 0.2) is 12.4 Å².